The zero-order valence-electron chi connectivity index (χ0n) is 12.0. The number of carbonyl (C=O) groups is 1. The normalized spacial score (nSPS) is 12.6. The number of rotatable bonds is 4. The highest BCUT2D eigenvalue weighted by atomic mass is 32.2. The monoisotopic (exact) mass is 297 g/mol. The second kappa shape index (κ2) is 5.66. The number of carboxylic acid groups (broad SMARTS) is 1. The molecule has 1 aromatic rings. The van der Waals surface area contributed by atoms with Crippen molar-refractivity contribution in [3.8, 4) is 0 Å². The molecule has 0 fully saturated rings. The number of hydrogen-bond acceptors (Lipinski definition) is 3. The van der Waals surface area contributed by atoms with Crippen molar-refractivity contribution in [3.05, 3.63) is 35.4 Å². The van der Waals surface area contributed by atoms with Crippen LogP contribution in [0.15, 0.2) is 24.3 Å². The van der Waals surface area contributed by atoms with Gasteiger partial charge in [-0.15, -0.1) is 0 Å². The van der Waals surface area contributed by atoms with Gasteiger partial charge < -0.3 is 5.11 Å². The maximum Gasteiger partial charge on any atom is 0.328 e. The first-order valence-electron chi connectivity index (χ1n) is 6.06. The third-order valence-electron chi connectivity index (χ3n) is 2.58. The molecule has 6 heteroatoms. The Balaban J connectivity index is 3.12. The Morgan fingerprint density at radius 1 is 1.25 bits per heavy atom. The van der Waals surface area contributed by atoms with Crippen molar-refractivity contribution < 1.29 is 18.3 Å². The molecule has 0 saturated heterocycles. The van der Waals surface area contributed by atoms with Crippen molar-refractivity contribution in [1.29, 1.82) is 0 Å². The highest BCUT2D eigenvalue weighted by Crippen LogP contribution is 2.22. The van der Waals surface area contributed by atoms with E-state index in [0.717, 1.165) is 11.6 Å². The number of carboxylic acids is 1. The van der Waals surface area contributed by atoms with E-state index in [9.17, 15) is 13.2 Å². The smallest absolute Gasteiger partial charge is 0.328 e. The molecular formula is C14H19NO4S. The van der Waals surface area contributed by atoms with Crippen LogP contribution >= 0.6 is 0 Å². The second-order valence-electron chi connectivity index (χ2n) is 5.52. The maximum absolute atomic E-state index is 12.1. The van der Waals surface area contributed by atoms with Crippen LogP contribution in [0.1, 0.15) is 31.9 Å². The van der Waals surface area contributed by atoms with Gasteiger partial charge >= 0.3 is 5.97 Å². The highest BCUT2D eigenvalue weighted by Gasteiger charge is 2.28. The Kier molecular flexibility index (Phi) is 4.60. The van der Waals surface area contributed by atoms with Gasteiger partial charge in [0, 0.05) is 11.8 Å². The Hall–Kier alpha value is -1.82. The third-order valence-corrected chi connectivity index (χ3v) is 4.69. The van der Waals surface area contributed by atoms with Crippen molar-refractivity contribution >= 4 is 27.8 Å². The molecule has 0 atom stereocenters. The van der Waals surface area contributed by atoms with Gasteiger partial charge in [0.25, 0.3) is 0 Å². The first kappa shape index (κ1) is 16.2. The summed E-state index contributed by atoms with van der Waals surface area (Å²) < 4.78 is 25.8. The lowest BCUT2D eigenvalue weighted by Gasteiger charge is -2.20. The van der Waals surface area contributed by atoms with Gasteiger partial charge in [0.15, 0.2) is 0 Å². The van der Waals surface area contributed by atoms with Crippen molar-refractivity contribution in [2.45, 2.75) is 32.4 Å². The summed E-state index contributed by atoms with van der Waals surface area (Å²) in [5.74, 6) is -1.05. The van der Waals surface area contributed by atoms with Gasteiger partial charge in [-0.25, -0.2) is 13.2 Å². The molecule has 2 N–H and O–H groups in total. The quantitative estimate of drug-likeness (QED) is 0.837. The van der Waals surface area contributed by atoms with E-state index in [1.54, 1.807) is 39.0 Å². The summed E-state index contributed by atoms with van der Waals surface area (Å²) in [6.45, 7) is 6.64. The Bertz CT molecular complexity index is 640. The molecule has 0 aliphatic carbocycles. The second-order valence-corrected chi connectivity index (χ2v) is 7.96. The lowest BCUT2D eigenvalue weighted by Crippen LogP contribution is -2.33. The molecule has 0 heterocycles. The SMILES string of the molecule is Cc1cc(/C=C/C(=O)O)cc(NS(=O)(=O)C(C)(C)C)c1. The number of aliphatic carboxylic acids is 1. The Morgan fingerprint density at radius 3 is 2.35 bits per heavy atom. The summed E-state index contributed by atoms with van der Waals surface area (Å²) in [6, 6.07) is 5.06. The maximum atomic E-state index is 12.1. The molecule has 0 radical (unpaired) electrons. The van der Waals surface area contributed by atoms with Gasteiger partial charge in [-0.3, -0.25) is 4.72 Å². The highest BCUT2D eigenvalue weighted by molar-refractivity contribution is 7.94. The summed E-state index contributed by atoms with van der Waals surface area (Å²) in [5.41, 5.74) is 1.88. The van der Waals surface area contributed by atoms with E-state index in [4.69, 9.17) is 5.11 Å². The molecule has 0 aliphatic heterocycles. The molecule has 0 aliphatic rings. The molecule has 0 aromatic heterocycles. The summed E-state index contributed by atoms with van der Waals surface area (Å²) >= 11 is 0. The molecule has 110 valence electrons. The largest absolute Gasteiger partial charge is 0.478 e. The van der Waals surface area contributed by atoms with E-state index in [0.29, 0.717) is 11.3 Å². The summed E-state index contributed by atoms with van der Waals surface area (Å²) in [7, 11) is -3.51. The van der Waals surface area contributed by atoms with Crippen LogP contribution in [0, 0.1) is 6.92 Å². The average molecular weight is 297 g/mol. The predicted octanol–water partition coefficient (Wildman–Crippen LogP) is 2.63. The predicted molar refractivity (Wildman–Crippen MR) is 80.1 cm³/mol. The van der Waals surface area contributed by atoms with E-state index < -0.39 is 20.7 Å². The number of hydrogen-bond donors (Lipinski definition) is 2. The van der Waals surface area contributed by atoms with Crippen molar-refractivity contribution in [1.82, 2.24) is 0 Å². The minimum Gasteiger partial charge on any atom is -0.478 e. The Morgan fingerprint density at radius 2 is 1.85 bits per heavy atom. The lowest BCUT2D eigenvalue weighted by molar-refractivity contribution is -0.131. The van der Waals surface area contributed by atoms with Crippen LogP contribution in [-0.2, 0) is 14.8 Å². The van der Waals surface area contributed by atoms with Crippen LogP contribution in [0.5, 0.6) is 0 Å². The van der Waals surface area contributed by atoms with Gasteiger partial charge in [0.2, 0.25) is 10.0 Å². The molecule has 1 aromatic carbocycles. The van der Waals surface area contributed by atoms with Crippen molar-refractivity contribution in [2.75, 3.05) is 4.72 Å². The van der Waals surface area contributed by atoms with Gasteiger partial charge in [-0.05, 0) is 57.0 Å². The van der Waals surface area contributed by atoms with E-state index in [-0.39, 0.29) is 0 Å². The molecule has 0 amide bonds. The van der Waals surface area contributed by atoms with Gasteiger partial charge in [0.05, 0.1) is 4.75 Å². The zero-order valence-corrected chi connectivity index (χ0v) is 12.8. The number of benzene rings is 1. The van der Waals surface area contributed by atoms with E-state index in [2.05, 4.69) is 4.72 Å². The van der Waals surface area contributed by atoms with Crippen LogP contribution in [0.4, 0.5) is 5.69 Å². The standard InChI is InChI=1S/C14H19NO4S/c1-10-7-11(5-6-13(16)17)9-12(8-10)15-20(18,19)14(2,3)4/h5-9,15H,1-4H3,(H,16,17)/b6-5+. The molecule has 0 spiro atoms. The fourth-order valence-electron chi connectivity index (χ4n) is 1.44. The number of aryl methyl sites for hydroxylation is 1. The first-order valence-corrected chi connectivity index (χ1v) is 7.55. The van der Waals surface area contributed by atoms with Crippen LogP contribution in [0.3, 0.4) is 0 Å². The molecule has 5 nitrogen and oxygen atoms in total. The molecular weight excluding hydrogens is 278 g/mol. The lowest BCUT2D eigenvalue weighted by atomic mass is 10.1. The van der Waals surface area contributed by atoms with Crippen molar-refractivity contribution in [3.63, 3.8) is 0 Å². The topological polar surface area (TPSA) is 83.5 Å². The zero-order chi connectivity index (χ0) is 15.6. The molecule has 0 saturated carbocycles. The summed E-state index contributed by atoms with van der Waals surface area (Å²) in [6.07, 6.45) is 2.43. The van der Waals surface area contributed by atoms with Crippen molar-refractivity contribution in [2.24, 2.45) is 0 Å². The first-order chi connectivity index (χ1) is 9.01. The number of anilines is 1. The molecule has 1 rings (SSSR count). The van der Waals surface area contributed by atoms with Crippen LogP contribution in [0.2, 0.25) is 0 Å². The molecule has 0 unspecified atom stereocenters. The average Bonchev–Trinajstić information content (AvgIpc) is 2.23. The minimum atomic E-state index is -3.51. The van der Waals surface area contributed by atoms with Gasteiger partial charge in [0.1, 0.15) is 0 Å². The number of sulfonamides is 1. The minimum absolute atomic E-state index is 0.421. The van der Waals surface area contributed by atoms with E-state index in [1.165, 1.54) is 6.08 Å². The molecule has 20 heavy (non-hydrogen) atoms. The fourth-order valence-corrected chi connectivity index (χ4v) is 2.18. The van der Waals surface area contributed by atoms with Crippen LogP contribution in [-0.4, -0.2) is 24.2 Å². The molecule has 0 bridgehead atoms. The van der Waals surface area contributed by atoms with Crippen LogP contribution < -0.4 is 4.72 Å². The third kappa shape index (κ3) is 4.38. The van der Waals surface area contributed by atoms with Gasteiger partial charge in [-0.2, -0.15) is 0 Å². The van der Waals surface area contributed by atoms with E-state index >= 15 is 0 Å². The van der Waals surface area contributed by atoms with E-state index in [1.807, 2.05) is 6.92 Å². The van der Waals surface area contributed by atoms with Crippen LogP contribution in [0.25, 0.3) is 6.08 Å². The fraction of sp³-hybridized carbons (Fsp3) is 0.357. The summed E-state index contributed by atoms with van der Waals surface area (Å²) in [5, 5.41) is 8.61. The number of nitrogens with one attached hydrogen (secondary N) is 1. The Labute approximate surface area is 119 Å². The summed E-state index contributed by atoms with van der Waals surface area (Å²) in [4.78, 5) is 10.5. The van der Waals surface area contributed by atoms with Gasteiger partial charge in [-0.1, -0.05) is 6.07 Å².